The number of likely N-dealkylation sites (N-methyl/N-ethyl adjacent to an activating group) is 1. The lowest BCUT2D eigenvalue weighted by atomic mass is 10.0. The van der Waals surface area contributed by atoms with Crippen LogP contribution in [0.1, 0.15) is 29.8 Å². The van der Waals surface area contributed by atoms with Gasteiger partial charge in [-0.3, -0.25) is 9.59 Å². The number of amides is 2. The molecule has 3 N–H and O–H groups in total. The Bertz CT molecular complexity index is 517. The molecule has 2 rings (SSSR count). The lowest BCUT2D eigenvalue weighted by Gasteiger charge is -2.21. The zero-order valence-electron chi connectivity index (χ0n) is 12.0. The number of furan rings is 1. The largest absolute Gasteiger partial charge is 0.444 e. The number of rotatable bonds is 5. The summed E-state index contributed by atoms with van der Waals surface area (Å²) in [5.41, 5.74) is 5.70. The Balaban J connectivity index is 1.86. The van der Waals surface area contributed by atoms with Gasteiger partial charge in [0.1, 0.15) is 0 Å². The van der Waals surface area contributed by atoms with Crippen LogP contribution in [0.25, 0.3) is 0 Å². The van der Waals surface area contributed by atoms with Crippen LogP contribution in [-0.4, -0.2) is 42.9 Å². The minimum absolute atomic E-state index is 0.00490. The monoisotopic (exact) mass is 357 g/mol. The lowest BCUT2D eigenvalue weighted by molar-refractivity contribution is -0.122. The van der Waals surface area contributed by atoms with Gasteiger partial charge < -0.3 is 20.4 Å². The van der Waals surface area contributed by atoms with E-state index in [1.807, 2.05) is 0 Å². The average molecular weight is 358 g/mol. The van der Waals surface area contributed by atoms with E-state index >= 15 is 0 Å². The van der Waals surface area contributed by atoms with Crippen molar-refractivity contribution in [2.45, 2.75) is 25.3 Å². The first-order valence-corrected chi connectivity index (χ1v) is 7.80. The standard InChI is InChI=1S/C14H20BrN3O3/c1-18(14(20)11-5-6-12(15)21-11)8-13(19)17-10-4-2-3-9(10)7-16/h5-6,9-10H,2-4,7-8,16H2,1H3,(H,17,19). The van der Waals surface area contributed by atoms with Crippen molar-refractivity contribution in [1.82, 2.24) is 10.2 Å². The SMILES string of the molecule is CN(CC(=O)NC1CCCC1CN)C(=O)c1ccc(Br)o1. The Hall–Kier alpha value is -1.34. The van der Waals surface area contributed by atoms with E-state index in [0.29, 0.717) is 17.1 Å². The zero-order valence-corrected chi connectivity index (χ0v) is 13.6. The summed E-state index contributed by atoms with van der Waals surface area (Å²) in [5.74, 6) is 0.0633. The zero-order chi connectivity index (χ0) is 15.4. The van der Waals surface area contributed by atoms with Gasteiger partial charge in [0.25, 0.3) is 5.91 Å². The van der Waals surface area contributed by atoms with Gasteiger partial charge in [0.2, 0.25) is 5.91 Å². The van der Waals surface area contributed by atoms with Gasteiger partial charge >= 0.3 is 0 Å². The highest BCUT2D eigenvalue weighted by molar-refractivity contribution is 9.10. The number of carbonyl (C=O) groups excluding carboxylic acids is 2. The van der Waals surface area contributed by atoms with Crippen molar-refractivity contribution in [2.75, 3.05) is 20.1 Å². The Morgan fingerprint density at radius 2 is 2.24 bits per heavy atom. The topological polar surface area (TPSA) is 88.6 Å². The van der Waals surface area contributed by atoms with E-state index in [0.717, 1.165) is 19.3 Å². The van der Waals surface area contributed by atoms with Crippen LogP contribution in [0.4, 0.5) is 0 Å². The minimum atomic E-state index is -0.322. The molecule has 1 heterocycles. The molecule has 1 saturated carbocycles. The lowest BCUT2D eigenvalue weighted by Crippen LogP contribution is -2.45. The molecule has 7 heteroatoms. The fourth-order valence-corrected chi connectivity index (χ4v) is 2.97. The van der Waals surface area contributed by atoms with Crippen LogP contribution in [0.15, 0.2) is 21.2 Å². The van der Waals surface area contributed by atoms with Crippen molar-refractivity contribution >= 4 is 27.7 Å². The highest BCUT2D eigenvalue weighted by atomic mass is 79.9. The molecule has 1 aliphatic carbocycles. The molecule has 6 nitrogen and oxygen atoms in total. The third kappa shape index (κ3) is 4.07. The van der Waals surface area contributed by atoms with E-state index in [9.17, 15) is 9.59 Å². The molecule has 0 radical (unpaired) electrons. The Morgan fingerprint density at radius 3 is 2.86 bits per heavy atom. The number of nitrogens with zero attached hydrogens (tertiary/aromatic N) is 1. The third-order valence-corrected chi connectivity index (χ3v) is 4.25. The van der Waals surface area contributed by atoms with Crippen molar-refractivity contribution in [3.8, 4) is 0 Å². The van der Waals surface area contributed by atoms with E-state index < -0.39 is 0 Å². The first-order valence-electron chi connectivity index (χ1n) is 7.01. The molecule has 0 spiro atoms. The molecule has 0 saturated heterocycles. The molecule has 2 amide bonds. The summed E-state index contributed by atoms with van der Waals surface area (Å²) in [4.78, 5) is 25.4. The van der Waals surface area contributed by atoms with Crippen LogP contribution in [0.2, 0.25) is 0 Å². The number of hydrogen-bond donors (Lipinski definition) is 2. The maximum absolute atomic E-state index is 12.1. The van der Waals surface area contributed by atoms with Crippen molar-refractivity contribution in [3.63, 3.8) is 0 Å². The quantitative estimate of drug-likeness (QED) is 0.832. The molecule has 0 bridgehead atoms. The Kier molecular flexibility index (Phi) is 5.41. The van der Waals surface area contributed by atoms with Crippen LogP contribution in [0.5, 0.6) is 0 Å². The number of nitrogens with one attached hydrogen (secondary N) is 1. The van der Waals surface area contributed by atoms with Crippen molar-refractivity contribution in [3.05, 3.63) is 22.6 Å². The number of nitrogens with two attached hydrogens (primary N) is 1. The molecular formula is C14H20BrN3O3. The van der Waals surface area contributed by atoms with E-state index in [1.165, 1.54) is 4.90 Å². The van der Waals surface area contributed by atoms with Gasteiger partial charge in [-0.2, -0.15) is 0 Å². The predicted octanol–water partition coefficient (Wildman–Crippen LogP) is 1.36. The van der Waals surface area contributed by atoms with Gasteiger partial charge in [0, 0.05) is 13.1 Å². The molecule has 2 atom stereocenters. The molecule has 1 aromatic rings. The van der Waals surface area contributed by atoms with Crippen LogP contribution >= 0.6 is 15.9 Å². The number of halogens is 1. The predicted molar refractivity (Wildman–Crippen MR) is 81.7 cm³/mol. The second-order valence-corrected chi connectivity index (χ2v) is 6.15. The second kappa shape index (κ2) is 7.09. The van der Waals surface area contributed by atoms with Crippen molar-refractivity contribution in [1.29, 1.82) is 0 Å². The summed E-state index contributed by atoms with van der Waals surface area (Å²) < 4.78 is 5.68. The van der Waals surface area contributed by atoms with Gasteiger partial charge in [-0.25, -0.2) is 0 Å². The van der Waals surface area contributed by atoms with Crippen LogP contribution in [0.3, 0.4) is 0 Å². The van der Waals surface area contributed by atoms with Gasteiger partial charge in [0.05, 0.1) is 6.54 Å². The van der Waals surface area contributed by atoms with Crippen LogP contribution in [0, 0.1) is 5.92 Å². The van der Waals surface area contributed by atoms with E-state index in [1.54, 1.807) is 19.2 Å². The number of carbonyl (C=O) groups is 2. The van der Waals surface area contributed by atoms with Gasteiger partial charge in [0.15, 0.2) is 10.4 Å². The summed E-state index contributed by atoms with van der Waals surface area (Å²) in [6, 6.07) is 3.34. The molecule has 1 aromatic heterocycles. The molecular weight excluding hydrogens is 338 g/mol. The van der Waals surface area contributed by atoms with Gasteiger partial charge in [-0.1, -0.05) is 6.42 Å². The first-order chi connectivity index (χ1) is 10.0. The highest BCUT2D eigenvalue weighted by Gasteiger charge is 2.28. The molecule has 1 aliphatic rings. The summed E-state index contributed by atoms with van der Waals surface area (Å²) in [6.07, 6.45) is 3.09. The van der Waals surface area contributed by atoms with Crippen molar-refractivity contribution < 1.29 is 14.0 Å². The van der Waals surface area contributed by atoms with E-state index in [-0.39, 0.29) is 30.2 Å². The summed E-state index contributed by atoms with van der Waals surface area (Å²) in [7, 11) is 1.58. The molecule has 21 heavy (non-hydrogen) atoms. The molecule has 1 fully saturated rings. The normalized spacial score (nSPS) is 21.3. The van der Waals surface area contributed by atoms with Crippen molar-refractivity contribution in [2.24, 2.45) is 11.7 Å². The number of hydrogen-bond acceptors (Lipinski definition) is 4. The molecule has 0 aliphatic heterocycles. The average Bonchev–Trinajstić information content (AvgIpc) is 3.06. The van der Waals surface area contributed by atoms with Crippen LogP contribution < -0.4 is 11.1 Å². The fraction of sp³-hybridized carbons (Fsp3) is 0.571. The van der Waals surface area contributed by atoms with E-state index in [2.05, 4.69) is 21.2 Å². The summed E-state index contributed by atoms with van der Waals surface area (Å²) >= 11 is 3.14. The van der Waals surface area contributed by atoms with Crippen LogP contribution in [-0.2, 0) is 4.79 Å². The minimum Gasteiger partial charge on any atom is -0.444 e. The molecule has 0 aromatic carbocycles. The summed E-state index contributed by atoms with van der Waals surface area (Å²) in [6.45, 7) is 0.588. The smallest absolute Gasteiger partial charge is 0.289 e. The highest BCUT2D eigenvalue weighted by Crippen LogP contribution is 2.24. The summed E-state index contributed by atoms with van der Waals surface area (Å²) in [5, 5.41) is 2.97. The third-order valence-electron chi connectivity index (χ3n) is 3.82. The molecule has 116 valence electrons. The Labute approximate surface area is 132 Å². The van der Waals surface area contributed by atoms with Gasteiger partial charge in [-0.15, -0.1) is 0 Å². The van der Waals surface area contributed by atoms with Gasteiger partial charge in [-0.05, 0) is 53.4 Å². The maximum Gasteiger partial charge on any atom is 0.289 e. The fourth-order valence-electron chi connectivity index (χ4n) is 2.67. The first kappa shape index (κ1) is 16.0. The Morgan fingerprint density at radius 1 is 1.48 bits per heavy atom. The van der Waals surface area contributed by atoms with E-state index in [4.69, 9.17) is 10.2 Å². The maximum atomic E-state index is 12.1. The second-order valence-electron chi connectivity index (χ2n) is 5.37. The molecule has 2 unspecified atom stereocenters.